The molecular formula is C10H16N2O2S. The van der Waals surface area contributed by atoms with Crippen molar-refractivity contribution in [2.45, 2.75) is 18.7 Å². The highest BCUT2D eigenvalue weighted by molar-refractivity contribution is 7.89. The maximum absolute atomic E-state index is 11.8. The highest BCUT2D eigenvalue weighted by atomic mass is 32.2. The van der Waals surface area contributed by atoms with E-state index in [1.165, 1.54) is 24.5 Å². The van der Waals surface area contributed by atoms with E-state index < -0.39 is 10.0 Å². The van der Waals surface area contributed by atoms with E-state index in [1.54, 1.807) is 6.07 Å². The molecule has 0 saturated carbocycles. The van der Waals surface area contributed by atoms with Gasteiger partial charge in [0.05, 0.1) is 4.90 Å². The van der Waals surface area contributed by atoms with Gasteiger partial charge in [-0.15, -0.1) is 0 Å². The van der Waals surface area contributed by atoms with E-state index >= 15 is 0 Å². The standard InChI is InChI=1S/C10H16N2O2S/c1-7-5-9(6-10(11)8(7)2)15(13,14)12(3)4/h5-6H,11H2,1-4H3. The Kier molecular flexibility index (Phi) is 3.06. The number of rotatable bonds is 2. The van der Waals surface area contributed by atoms with Crippen molar-refractivity contribution >= 4 is 15.7 Å². The lowest BCUT2D eigenvalue weighted by atomic mass is 10.1. The van der Waals surface area contributed by atoms with Gasteiger partial charge in [0.15, 0.2) is 0 Å². The highest BCUT2D eigenvalue weighted by Crippen LogP contribution is 2.22. The summed E-state index contributed by atoms with van der Waals surface area (Å²) in [6.45, 7) is 3.72. The average Bonchev–Trinajstić information content (AvgIpc) is 2.13. The number of sulfonamides is 1. The summed E-state index contributed by atoms with van der Waals surface area (Å²) in [7, 11) is -0.384. The molecule has 1 rings (SSSR count). The summed E-state index contributed by atoms with van der Waals surface area (Å²) in [6.07, 6.45) is 0. The molecule has 0 fully saturated rings. The van der Waals surface area contributed by atoms with Gasteiger partial charge in [0.1, 0.15) is 0 Å². The first kappa shape index (κ1) is 12.0. The van der Waals surface area contributed by atoms with Crippen molar-refractivity contribution < 1.29 is 8.42 Å². The minimum absolute atomic E-state index is 0.244. The quantitative estimate of drug-likeness (QED) is 0.772. The van der Waals surface area contributed by atoms with Crippen LogP contribution in [-0.2, 0) is 10.0 Å². The molecule has 0 aliphatic rings. The SMILES string of the molecule is Cc1cc(S(=O)(=O)N(C)C)cc(N)c1C. The summed E-state index contributed by atoms with van der Waals surface area (Å²) in [5, 5.41) is 0. The van der Waals surface area contributed by atoms with Crippen LogP contribution in [0.4, 0.5) is 5.69 Å². The van der Waals surface area contributed by atoms with Crippen molar-refractivity contribution in [3.63, 3.8) is 0 Å². The molecule has 0 aliphatic carbocycles. The zero-order valence-corrected chi connectivity index (χ0v) is 10.2. The van der Waals surface area contributed by atoms with Crippen LogP contribution in [0.5, 0.6) is 0 Å². The Morgan fingerprint density at radius 3 is 2.13 bits per heavy atom. The highest BCUT2D eigenvalue weighted by Gasteiger charge is 2.18. The van der Waals surface area contributed by atoms with Gasteiger partial charge >= 0.3 is 0 Å². The molecule has 84 valence electrons. The van der Waals surface area contributed by atoms with Crippen molar-refractivity contribution in [2.75, 3.05) is 19.8 Å². The first-order valence-electron chi connectivity index (χ1n) is 4.56. The molecule has 4 nitrogen and oxygen atoms in total. The van der Waals surface area contributed by atoms with Crippen LogP contribution in [0.1, 0.15) is 11.1 Å². The third-order valence-electron chi connectivity index (χ3n) is 2.46. The normalized spacial score (nSPS) is 12.1. The van der Waals surface area contributed by atoms with E-state index in [9.17, 15) is 8.42 Å². The second-order valence-corrected chi connectivity index (χ2v) is 5.89. The Bertz CT molecular complexity index is 455. The summed E-state index contributed by atoms with van der Waals surface area (Å²) in [4.78, 5) is 0.244. The van der Waals surface area contributed by atoms with Crippen molar-refractivity contribution in [3.05, 3.63) is 23.3 Å². The van der Waals surface area contributed by atoms with E-state index in [2.05, 4.69) is 0 Å². The van der Waals surface area contributed by atoms with Crippen molar-refractivity contribution in [1.29, 1.82) is 0 Å². The van der Waals surface area contributed by atoms with Crippen LogP contribution < -0.4 is 5.73 Å². The maximum Gasteiger partial charge on any atom is 0.242 e. The molecule has 0 amide bonds. The van der Waals surface area contributed by atoms with Gasteiger partial charge in [-0.2, -0.15) is 0 Å². The Labute approximate surface area is 90.8 Å². The van der Waals surface area contributed by atoms with Gasteiger partial charge in [-0.3, -0.25) is 0 Å². The lowest BCUT2D eigenvalue weighted by molar-refractivity contribution is 0.520. The van der Waals surface area contributed by atoms with Gasteiger partial charge in [-0.05, 0) is 37.1 Å². The van der Waals surface area contributed by atoms with Crippen LogP contribution in [0, 0.1) is 13.8 Å². The average molecular weight is 228 g/mol. The molecule has 1 aromatic carbocycles. The summed E-state index contributed by atoms with van der Waals surface area (Å²) in [6, 6.07) is 3.14. The zero-order chi connectivity index (χ0) is 11.8. The summed E-state index contributed by atoms with van der Waals surface area (Å²) in [5.41, 5.74) is 8.05. The summed E-state index contributed by atoms with van der Waals surface area (Å²) >= 11 is 0. The first-order chi connectivity index (χ1) is 6.76. The lowest BCUT2D eigenvalue weighted by Gasteiger charge is -2.14. The van der Waals surface area contributed by atoms with E-state index in [0.717, 1.165) is 11.1 Å². The number of nitrogens with zero attached hydrogens (tertiary/aromatic N) is 1. The number of aryl methyl sites for hydroxylation is 1. The topological polar surface area (TPSA) is 63.4 Å². The number of hydrogen-bond acceptors (Lipinski definition) is 3. The summed E-state index contributed by atoms with van der Waals surface area (Å²) in [5.74, 6) is 0. The summed E-state index contributed by atoms with van der Waals surface area (Å²) < 4.78 is 24.8. The van der Waals surface area contributed by atoms with E-state index in [1.807, 2.05) is 13.8 Å². The van der Waals surface area contributed by atoms with Gasteiger partial charge in [0.25, 0.3) is 0 Å². The van der Waals surface area contributed by atoms with Crippen LogP contribution in [0.25, 0.3) is 0 Å². The second-order valence-electron chi connectivity index (χ2n) is 3.74. The molecule has 1 aromatic rings. The molecule has 5 heteroatoms. The molecule has 0 atom stereocenters. The number of nitrogens with two attached hydrogens (primary N) is 1. The smallest absolute Gasteiger partial charge is 0.242 e. The third kappa shape index (κ3) is 2.13. The minimum atomic E-state index is -3.39. The van der Waals surface area contributed by atoms with Crippen LogP contribution in [-0.4, -0.2) is 26.8 Å². The van der Waals surface area contributed by atoms with Crippen LogP contribution in [0.2, 0.25) is 0 Å². The van der Waals surface area contributed by atoms with Crippen molar-refractivity contribution in [2.24, 2.45) is 0 Å². The molecular weight excluding hydrogens is 212 g/mol. The van der Waals surface area contributed by atoms with Gasteiger partial charge < -0.3 is 5.73 Å². The molecule has 0 radical (unpaired) electrons. The number of benzene rings is 1. The molecule has 0 aliphatic heterocycles. The minimum Gasteiger partial charge on any atom is -0.398 e. The Morgan fingerprint density at radius 1 is 1.20 bits per heavy atom. The molecule has 15 heavy (non-hydrogen) atoms. The largest absolute Gasteiger partial charge is 0.398 e. The second kappa shape index (κ2) is 3.83. The van der Waals surface area contributed by atoms with Crippen LogP contribution in [0.3, 0.4) is 0 Å². The molecule has 0 spiro atoms. The van der Waals surface area contributed by atoms with E-state index in [4.69, 9.17) is 5.73 Å². The lowest BCUT2D eigenvalue weighted by Crippen LogP contribution is -2.22. The predicted molar refractivity (Wildman–Crippen MR) is 61.2 cm³/mol. The van der Waals surface area contributed by atoms with Gasteiger partial charge in [0.2, 0.25) is 10.0 Å². The fourth-order valence-corrected chi connectivity index (χ4v) is 2.24. The monoisotopic (exact) mass is 228 g/mol. The number of anilines is 1. The fraction of sp³-hybridized carbons (Fsp3) is 0.400. The van der Waals surface area contributed by atoms with Gasteiger partial charge in [-0.1, -0.05) is 0 Å². The third-order valence-corrected chi connectivity index (χ3v) is 4.25. The Hall–Kier alpha value is -1.07. The molecule has 2 N–H and O–H groups in total. The van der Waals surface area contributed by atoms with Crippen molar-refractivity contribution in [3.8, 4) is 0 Å². The molecule has 0 unspecified atom stereocenters. The van der Waals surface area contributed by atoms with E-state index in [-0.39, 0.29) is 4.90 Å². The van der Waals surface area contributed by atoms with E-state index in [0.29, 0.717) is 5.69 Å². The van der Waals surface area contributed by atoms with Crippen LogP contribution in [0.15, 0.2) is 17.0 Å². The van der Waals surface area contributed by atoms with Crippen molar-refractivity contribution in [1.82, 2.24) is 4.31 Å². The van der Waals surface area contributed by atoms with Crippen LogP contribution >= 0.6 is 0 Å². The predicted octanol–water partition coefficient (Wildman–Crippen LogP) is 1.14. The maximum atomic E-state index is 11.8. The first-order valence-corrected chi connectivity index (χ1v) is 6.00. The molecule has 0 aromatic heterocycles. The molecule has 0 bridgehead atoms. The number of nitrogen functional groups attached to an aromatic ring is 1. The number of hydrogen-bond donors (Lipinski definition) is 1. The fourth-order valence-electron chi connectivity index (χ4n) is 1.21. The molecule has 0 heterocycles. The van der Waals surface area contributed by atoms with Gasteiger partial charge in [0, 0.05) is 19.8 Å². The molecule has 0 saturated heterocycles. The zero-order valence-electron chi connectivity index (χ0n) is 9.40. The Balaban J connectivity index is 3.42. The Morgan fingerprint density at radius 2 is 1.73 bits per heavy atom. The van der Waals surface area contributed by atoms with Gasteiger partial charge in [-0.25, -0.2) is 12.7 Å².